The quantitative estimate of drug-likeness (QED) is 0.809. The first-order chi connectivity index (χ1) is 8.49. The van der Waals surface area contributed by atoms with Gasteiger partial charge in [0.1, 0.15) is 11.5 Å². The lowest BCUT2D eigenvalue weighted by molar-refractivity contribution is 0.226. The third-order valence-electron chi connectivity index (χ3n) is 3.66. The van der Waals surface area contributed by atoms with Crippen LogP contribution in [0.4, 0.5) is 0 Å². The number of hydrogen-bond acceptors (Lipinski definition) is 4. The molecule has 0 heterocycles. The Labute approximate surface area is 109 Å². The van der Waals surface area contributed by atoms with Gasteiger partial charge in [-0.3, -0.25) is 0 Å². The zero-order valence-electron chi connectivity index (χ0n) is 11.6. The zero-order chi connectivity index (χ0) is 13.8. The predicted molar refractivity (Wildman–Crippen MR) is 72.3 cm³/mol. The molecule has 1 aromatic carbocycles. The number of aliphatic hydroxyl groups excluding tert-OH is 1. The summed E-state index contributed by atoms with van der Waals surface area (Å²) >= 11 is 0. The van der Waals surface area contributed by atoms with E-state index in [1.165, 1.54) is 0 Å². The van der Waals surface area contributed by atoms with E-state index in [9.17, 15) is 5.11 Å². The second-order valence-electron chi connectivity index (χ2n) is 4.75. The van der Waals surface area contributed by atoms with E-state index >= 15 is 0 Å². The summed E-state index contributed by atoms with van der Waals surface area (Å²) in [5, 5.41) is 9.26. The van der Waals surface area contributed by atoms with Gasteiger partial charge >= 0.3 is 0 Å². The summed E-state index contributed by atoms with van der Waals surface area (Å²) in [6, 6.07) is 5.59. The van der Waals surface area contributed by atoms with Gasteiger partial charge in [-0.05, 0) is 19.4 Å². The maximum Gasteiger partial charge on any atom is 0.126 e. The second-order valence-corrected chi connectivity index (χ2v) is 4.75. The number of methoxy groups -OCH3 is 2. The number of nitrogens with two attached hydrogens (primary N) is 1. The first kappa shape index (κ1) is 14.8. The topological polar surface area (TPSA) is 64.7 Å². The van der Waals surface area contributed by atoms with Crippen LogP contribution in [0.25, 0.3) is 0 Å². The first-order valence-corrected chi connectivity index (χ1v) is 6.08. The molecular formula is C14H23NO3. The van der Waals surface area contributed by atoms with Gasteiger partial charge < -0.3 is 20.3 Å². The Morgan fingerprint density at radius 3 is 2.44 bits per heavy atom. The summed E-state index contributed by atoms with van der Waals surface area (Å²) in [7, 11) is 3.24. The van der Waals surface area contributed by atoms with Crippen LogP contribution in [0.5, 0.6) is 11.5 Å². The maximum absolute atomic E-state index is 9.26. The molecular weight excluding hydrogens is 230 g/mol. The first-order valence-electron chi connectivity index (χ1n) is 6.08. The lowest BCUT2D eigenvalue weighted by Gasteiger charge is -2.34. The van der Waals surface area contributed by atoms with E-state index in [1.54, 1.807) is 14.2 Å². The molecule has 102 valence electrons. The van der Waals surface area contributed by atoms with Gasteiger partial charge in [-0.25, -0.2) is 0 Å². The molecule has 2 unspecified atom stereocenters. The van der Waals surface area contributed by atoms with Gasteiger partial charge in [0.05, 0.1) is 14.2 Å². The van der Waals surface area contributed by atoms with Crippen LogP contribution in [-0.4, -0.2) is 32.0 Å². The highest BCUT2D eigenvalue weighted by Gasteiger charge is 2.33. The molecule has 0 saturated heterocycles. The minimum absolute atomic E-state index is 0.0905. The lowest BCUT2D eigenvalue weighted by Crippen LogP contribution is -2.42. The molecule has 0 aliphatic rings. The molecule has 4 nitrogen and oxygen atoms in total. The van der Waals surface area contributed by atoms with Gasteiger partial charge in [0.25, 0.3) is 0 Å². The van der Waals surface area contributed by atoms with Crippen LogP contribution < -0.4 is 15.2 Å². The highest BCUT2D eigenvalue weighted by molar-refractivity contribution is 5.45. The molecule has 0 amide bonds. The minimum Gasteiger partial charge on any atom is -0.497 e. The van der Waals surface area contributed by atoms with Gasteiger partial charge in [-0.15, -0.1) is 0 Å². The van der Waals surface area contributed by atoms with Crippen LogP contribution in [0, 0.1) is 0 Å². The molecule has 1 rings (SSSR count). The molecule has 18 heavy (non-hydrogen) atoms. The molecule has 2 atom stereocenters. The molecule has 0 saturated carbocycles. The van der Waals surface area contributed by atoms with Crippen LogP contribution in [0.2, 0.25) is 0 Å². The van der Waals surface area contributed by atoms with Crippen LogP contribution in [0.3, 0.4) is 0 Å². The fourth-order valence-corrected chi connectivity index (χ4v) is 2.11. The van der Waals surface area contributed by atoms with Crippen LogP contribution in [-0.2, 0) is 5.41 Å². The van der Waals surface area contributed by atoms with Gasteiger partial charge in [-0.2, -0.15) is 0 Å². The van der Waals surface area contributed by atoms with Crippen molar-refractivity contribution in [3.05, 3.63) is 23.8 Å². The number of benzene rings is 1. The second kappa shape index (κ2) is 6.07. The summed E-state index contributed by atoms with van der Waals surface area (Å²) in [5.74, 6) is 1.48. The van der Waals surface area contributed by atoms with E-state index in [1.807, 2.05) is 32.0 Å². The third kappa shape index (κ3) is 2.76. The molecule has 1 aromatic rings. The molecule has 0 aliphatic carbocycles. The molecule has 0 radical (unpaired) electrons. The minimum atomic E-state index is -0.327. The molecule has 3 N–H and O–H groups in total. The molecule has 0 aromatic heterocycles. The van der Waals surface area contributed by atoms with E-state index in [4.69, 9.17) is 15.2 Å². The standard InChI is InChI=1S/C14H23NO3/c1-10(15)14(2,7-8-16)12-6-5-11(17-3)9-13(12)18-4/h5-6,9-10,16H,7-8,15H2,1-4H3. The number of aliphatic hydroxyl groups is 1. The van der Waals surface area contributed by atoms with Crippen molar-refractivity contribution >= 4 is 0 Å². The van der Waals surface area contributed by atoms with Crippen molar-refractivity contribution < 1.29 is 14.6 Å². The molecule has 0 aliphatic heterocycles. The molecule has 4 heteroatoms. The zero-order valence-corrected chi connectivity index (χ0v) is 11.6. The van der Waals surface area contributed by atoms with Crippen molar-refractivity contribution in [2.24, 2.45) is 5.73 Å². The lowest BCUT2D eigenvalue weighted by atomic mass is 9.74. The summed E-state index contributed by atoms with van der Waals surface area (Å²) in [6.45, 7) is 4.07. The average molecular weight is 253 g/mol. The van der Waals surface area contributed by atoms with E-state index in [-0.39, 0.29) is 18.1 Å². The molecule has 0 spiro atoms. The summed E-state index contributed by atoms with van der Waals surface area (Å²) < 4.78 is 10.6. The predicted octanol–water partition coefficient (Wildman–Crippen LogP) is 1.69. The number of rotatable bonds is 6. The van der Waals surface area contributed by atoms with Crippen molar-refractivity contribution in [2.75, 3.05) is 20.8 Å². The monoisotopic (exact) mass is 253 g/mol. The van der Waals surface area contributed by atoms with Crippen LogP contribution in [0.1, 0.15) is 25.8 Å². The Balaban J connectivity index is 3.27. The van der Waals surface area contributed by atoms with Crippen molar-refractivity contribution in [3.8, 4) is 11.5 Å². The summed E-state index contributed by atoms with van der Waals surface area (Å²) in [5.41, 5.74) is 6.75. The summed E-state index contributed by atoms with van der Waals surface area (Å²) in [6.07, 6.45) is 0.591. The van der Waals surface area contributed by atoms with E-state index in [2.05, 4.69) is 0 Å². The number of ether oxygens (including phenoxy) is 2. The third-order valence-corrected chi connectivity index (χ3v) is 3.66. The van der Waals surface area contributed by atoms with Crippen LogP contribution in [0.15, 0.2) is 18.2 Å². The smallest absolute Gasteiger partial charge is 0.126 e. The van der Waals surface area contributed by atoms with Crippen molar-refractivity contribution in [1.82, 2.24) is 0 Å². The fourth-order valence-electron chi connectivity index (χ4n) is 2.11. The van der Waals surface area contributed by atoms with Gasteiger partial charge in [0.15, 0.2) is 0 Å². The van der Waals surface area contributed by atoms with E-state index in [0.29, 0.717) is 6.42 Å². The Morgan fingerprint density at radius 1 is 1.33 bits per heavy atom. The number of hydrogen-bond donors (Lipinski definition) is 2. The van der Waals surface area contributed by atoms with Gasteiger partial charge in [0, 0.05) is 29.7 Å². The highest BCUT2D eigenvalue weighted by atomic mass is 16.5. The average Bonchev–Trinajstić information content (AvgIpc) is 2.37. The van der Waals surface area contributed by atoms with Gasteiger partial charge in [0.2, 0.25) is 0 Å². The van der Waals surface area contributed by atoms with E-state index in [0.717, 1.165) is 17.1 Å². The largest absolute Gasteiger partial charge is 0.497 e. The van der Waals surface area contributed by atoms with Gasteiger partial charge in [-0.1, -0.05) is 13.0 Å². The van der Waals surface area contributed by atoms with Crippen molar-refractivity contribution in [2.45, 2.75) is 31.7 Å². The SMILES string of the molecule is COc1ccc(C(C)(CCO)C(C)N)c(OC)c1. The Morgan fingerprint density at radius 2 is 2.00 bits per heavy atom. The Bertz CT molecular complexity index is 393. The Hall–Kier alpha value is -1.26. The summed E-state index contributed by atoms with van der Waals surface area (Å²) in [4.78, 5) is 0. The van der Waals surface area contributed by atoms with Crippen LogP contribution >= 0.6 is 0 Å². The molecule has 0 fully saturated rings. The maximum atomic E-state index is 9.26. The fraction of sp³-hybridized carbons (Fsp3) is 0.571. The Kier molecular flexibility index (Phi) is 4.99. The molecule has 0 bridgehead atoms. The normalized spacial score (nSPS) is 15.9. The highest BCUT2D eigenvalue weighted by Crippen LogP contribution is 2.38. The van der Waals surface area contributed by atoms with E-state index < -0.39 is 0 Å². The van der Waals surface area contributed by atoms with Crippen molar-refractivity contribution in [3.63, 3.8) is 0 Å². The van der Waals surface area contributed by atoms with Crippen molar-refractivity contribution in [1.29, 1.82) is 0 Å².